The molecule has 2 fully saturated rings. The predicted molar refractivity (Wildman–Crippen MR) is 215 cm³/mol. The summed E-state index contributed by atoms with van der Waals surface area (Å²) in [6, 6.07) is 1.78. The topological polar surface area (TPSA) is 162 Å². The molecule has 0 radical (unpaired) electrons. The van der Waals surface area contributed by atoms with Crippen molar-refractivity contribution in [3.05, 3.63) is 38.7 Å². The Hall–Kier alpha value is -1.99. The molecule has 4 heterocycles. The standard InChI is InChI=1S/C17H24N4S.C11H11ClN2S.C6H14N2.C3H8O.CH4/c1-10-2-7-14-13(8-10)15-16(19-9-20-17(15)22-14)21-12-5-3-11(18)4-6-12;1-6-2-3-8-7(4-6)9-10(12)13-5-14-11(9)15-8;7-5-1-2-6(8)4-3-5;1-3(2)4;/h9-12H,2-8,18H2,1H3,(H,19,20,21);5-6H,2-4H2,1H3;5-6H,1-4,7-8H2;3-4H,1-2H3;1H4/t10-,11?,12?;6-;;;/m11.../s1. The summed E-state index contributed by atoms with van der Waals surface area (Å²) in [6.45, 7) is 8.09. The Morgan fingerprint density at radius 1 is 0.700 bits per heavy atom. The van der Waals surface area contributed by atoms with E-state index in [9.17, 15) is 0 Å². The van der Waals surface area contributed by atoms with Gasteiger partial charge in [-0.05, 0) is 127 Å². The molecule has 0 bridgehead atoms. The first-order valence-electron chi connectivity index (χ1n) is 18.4. The minimum atomic E-state index is -0.167. The fourth-order valence-corrected chi connectivity index (χ4v) is 9.91. The number of halogens is 1. The molecule has 0 saturated heterocycles. The summed E-state index contributed by atoms with van der Waals surface area (Å²) in [5.41, 5.74) is 20.2. The third-order valence-corrected chi connectivity index (χ3v) is 12.7. The Bertz CT molecular complexity index is 1620. The largest absolute Gasteiger partial charge is 0.394 e. The van der Waals surface area contributed by atoms with E-state index in [0.29, 0.717) is 29.3 Å². The lowest BCUT2D eigenvalue weighted by molar-refractivity contribution is 0.216. The highest BCUT2D eigenvalue weighted by Crippen LogP contribution is 2.41. The molecule has 0 aromatic carbocycles. The molecule has 9 nitrogen and oxygen atoms in total. The van der Waals surface area contributed by atoms with Crippen molar-refractivity contribution in [3.63, 3.8) is 0 Å². The highest BCUT2D eigenvalue weighted by atomic mass is 35.5. The highest BCUT2D eigenvalue weighted by molar-refractivity contribution is 7.19. The van der Waals surface area contributed by atoms with Gasteiger partial charge in [-0.3, -0.25) is 0 Å². The maximum atomic E-state index is 8.06. The summed E-state index contributed by atoms with van der Waals surface area (Å²) < 4.78 is 0. The maximum absolute atomic E-state index is 8.06. The molecule has 0 amide bonds. The first-order chi connectivity index (χ1) is 23.5. The maximum Gasteiger partial charge on any atom is 0.141 e. The number of thiophene rings is 2. The summed E-state index contributed by atoms with van der Waals surface area (Å²) >= 11 is 9.79. The number of nitrogens with one attached hydrogen (secondary N) is 1. The van der Waals surface area contributed by atoms with E-state index in [1.807, 2.05) is 11.3 Å². The third-order valence-electron chi connectivity index (χ3n) is 10.1. The van der Waals surface area contributed by atoms with Crippen LogP contribution < -0.4 is 22.5 Å². The number of anilines is 1. The minimum Gasteiger partial charge on any atom is -0.394 e. The van der Waals surface area contributed by atoms with E-state index in [1.165, 1.54) is 58.4 Å². The van der Waals surface area contributed by atoms with E-state index in [1.54, 1.807) is 37.8 Å². The van der Waals surface area contributed by atoms with Crippen molar-refractivity contribution in [3.8, 4) is 0 Å². The van der Waals surface area contributed by atoms with Crippen LogP contribution in [0.3, 0.4) is 0 Å². The molecular weight excluding hydrogens is 684 g/mol. The number of hydrogen-bond acceptors (Lipinski definition) is 11. The summed E-state index contributed by atoms with van der Waals surface area (Å²) in [5, 5.41) is 14.8. The average Bonchev–Trinajstić information content (AvgIpc) is 3.63. The Morgan fingerprint density at radius 2 is 1.12 bits per heavy atom. The molecule has 278 valence electrons. The lowest BCUT2D eigenvalue weighted by atomic mass is 9.88. The van der Waals surface area contributed by atoms with Gasteiger partial charge >= 0.3 is 0 Å². The number of rotatable bonds is 2. The van der Waals surface area contributed by atoms with Gasteiger partial charge in [0.1, 0.15) is 33.3 Å². The van der Waals surface area contributed by atoms with Crippen LogP contribution in [0, 0.1) is 11.8 Å². The van der Waals surface area contributed by atoms with Gasteiger partial charge in [0.15, 0.2) is 0 Å². The van der Waals surface area contributed by atoms with Gasteiger partial charge < -0.3 is 27.6 Å². The zero-order valence-electron chi connectivity index (χ0n) is 29.8. The molecule has 4 aromatic heterocycles. The molecule has 4 aliphatic carbocycles. The monoisotopic (exact) mass is 744 g/mol. The third kappa shape index (κ3) is 11.0. The van der Waals surface area contributed by atoms with Gasteiger partial charge in [-0.1, -0.05) is 32.9 Å². The fraction of sp³-hybridized carbons (Fsp3) is 0.684. The Morgan fingerprint density at radius 3 is 1.62 bits per heavy atom. The second-order valence-corrected chi connectivity index (χ2v) is 17.5. The van der Waals surface area contributed by atoms with Crippen LogP contribution in [0.15, 0.2) is 12.7 Å². The Kier molecular flexibility index (Phi) is 15.7. The molecule has 0 unspecified atom stereocenters. The summed E-state index contributed by atoms with van der Waals surface area (Å²) in [6.07, 6.45) is 19.4. The van der Waals surface area contributed by atoms with E-state index in [4.69, 9.17) is 33.9 Å². The summed E-state index contributed by atoms with van der Waals surface area (Å²) in [4.78, 5) is 22.7. The van der Waals surface area contributed by atoms with Crippen LogP contribution in [0.5, 0.6) is 0 Å². The molecule has 8 rings (SSSR count). The molecule has 2 saturated carbocycles. The predicted octanol–water partition coefficient (Wildman–Crippen LogP) is 8.21. The molecule has 4 aromatic rings. The van der Waals surface area contributed by atoms with Crippen molar-refractivity contribution in [1.82, 2.24) is 19.9 Å². The number of hydrogen-bond donors (Lipinski definition) is 5. The van der Waals surface area contributed by atoms with E-state index >= 15 is 0 Å². The number of aromatic nitrogens is 4. The molecule has 8 N–H and O–H groups in total. The average molecular weight is 746 g/mol. The number of aryl methyl sites for hydroxylation is 2. The molecule has 50 heavy (non-hydrogen) atoms. The van der Waals surface area contributed by atoms with Crippen molar-refractivity contribution < 1.29 is 5.11 Å². The number of nitrogens with zero attached hydrogens (tertiary/aromatic N) is 4. The van der Waals surface area contributed by atoms with Crippen molar-refractivity contribution in [2.45, 2.75) is 155 Å². The van der Waals surface area contributed by atoms with Crippen LogP contribution in [0.1, 0.15) is 120 Å². The zero-order chi connectivity index (χ0) is 35.1. The zero-order valence-corrected chi connectivity index (χ0v) is 32.1. The second-order valence-electron chi connectivity index (χ2n) is 15.0. The van der Waals surface area contributed by atoms with E-state index in [-0.39, 0.29) is 13.5 Å². The number of fused-ring (bicyclic) bond motifs is 6. The lowest BCUT2D eigenvalue weighted by Gasteiger charge is -2.27. The lowest BCUT2D eigenvalue weighted by Crippen LogP contribution is -2.33. The van der Waals surface area contributed by atoms with Crippen LogP contribution >= 0.6 is 34.3 Å². The van der Waals surface area contributed by atoms with Gasteiger partial charge in [0.2, 0.25) is 0 Å². The van der Waals surface area contributed by atoms with E-state index in [0.717, 1.165) is 90.5 Å². The van der Waals surface area contributed by atoms with Crippen molar-refractivity contribution in [1.29, 1.82) is 0 Å². The van der Waals surface area contributed by atoms with Gasteiger partial charge in [-0.15, -0.1) is 22.7 Å². The molecule has 0 aliphatic heterocycles. The second kappa shape index (κ2) is 19.2. The Balaban J connectivity index is 0.000000173. The van der Waals surface area contributed by atoms with Crippen molar-refractivity contribution in [2.75, 3.05) is 5.32 Å². The quantitative estimate of drug-likeness (QED) is 0.127. The normalized spacial score (nSPS) is 25.8. The molecule has 4 aliphatic rings. The van der Waals surface area contributed by atoms with Crippen LogP contribution in [-0.4, -0.2) is 55.3 Å². The summed E-state index contributed by atoms with van der Waals surface area (Å²) in [7, 11) is 0. The highest BCUT2D eigenvalue weighted by Gasteiger charge is 2.26. The van der Waals surface area contributed by atoms with Crippen molar-refractivity contribution in [2.24, 2.45) is 29.0 Å². The van der Waals surface area contributed by atoms with Crippen LogP contribution in [-0.2, 0) is 25.7 Å². The van der Waals surface area contributed by atoms with Gasteiger partial charge in [-0.2, -0.15) is 0 Å². The first kappa shape index (κ1) is 40.8. The number of nitrogens with two attached hydrogens (primary N) is 3. The number of aliphatic hydroxyl groups excluding tert-OH is 1. The SMILES string of the molecule is C.CC(C)O.C[C@@H]1CCc2sc3ncnc(Cl)c3c2C1.C[C@@H]1CCc2sc3ncnc(NC4CCC(N)CC4)c3c2C1.NC1CCC(N)CC1. The van der Waals surface area contributed by atoms with Crippen LogP contribution in [0.4, 0.5) is 5.82 Å². The van der Waals surface area contributed by atoms with Gasteiger partial charge in [-0.25, -0.2) is 19.9 Å². The van der Waals surface area contributed by atoms with E-state index in [2.05, 4.69) is 39.1 Å². The Labute approximate surface area is 312 Å². The van der Waals surface area contributed by atoms with E-state index < -0.39 is 0 Å². The van der Waals surface area contributed by atoms with Gasteiger partial charge in [0, 0.05) is 40.0 Å². The minimum absolute atomic E-state index is 0. The molecule has 12 heteroatoms. The smallest absolute Gasteiger partial charge is 0.141 e. The van der Waals surface area contributed by atoms with Gasteiger partial charge in [0.05, 0.1) is 10.8 Å². The van der Waals surface area contributed by atoms with Crippen LogP contribution in [0.2, 0.25) is 5.15 Å². The van der Waals surface area contributed by atoms with Crippen LogP contribution in [0.25, 0.3) is 20.4 Å². The molecular formula is C38H61ClN8OS2. The number of aliphatic hydroxyl groups is 1. The first-order valence-corrected chi connectivity index (χ1v) is 20.4. The fourth-order valence-electron chi connectivity index (χ4n) is 7.24. The molecule has 2 atom stereocenters. The van der Waals surface area contributed by atoms with Gasteiger partial charge in [0.25, 0.3) is 0 Å². The van der Waals surface area contributed by atoms with Crippen molar-refractivity contribution >= 4 is 60.5 Å². The summed E-state index contributed by atoms with van der Waals surface area (Å²) in [5.74, 6) is 2.58. The molecule has 0 spiro atoms.